The first-order valence-electron chi connectivity index (χ1n) is 6.12. The van der Waals surface area contributed by atoms with E-state index in [0.717, 1.165) is 5.56 Å². The van der Waals surface area contributed by atoms with E-state index >= 15 is 0 Å². The first-order chi connectivity index (χ1) is 8.97. The minimum atomic E-state index is -0.588. The molecule has 0 bridgehead atoms. The zero-order chi connectivity index (χ0) is 14.0. The smallest absolute Gasteiger partial charge is 0.223 e. The zero-order valence-corrected chi connectivity index (χ0v) is 11.8. The van der Waals surface area contributed by atoms with Crippen LogP contribution in [0.4, 0.5) is 0 Å². The first kappa shape index (κ1) is 14.6. The standard InChI is InChI=1S/C13H16Cl2N2O2/c14-9-2-1-7(10(15)5-9)6-17-13(19)8-3-11(16)12(18)4-8/h1-2,5,8,11-12,18H,3-4,6,16H2,(H,17,19)/t8-,11+,12+/m0/s1. The van der Waals surface area contributed by atoms with Crippen LogP contribution < -0.4 is 11.1 Å². The quantitative estimate of drug-likeness (QED) is 0.795. The molecule has 1 amide bonds. The van der Waals surface area contributed by atoms with Crippen molar-refractivity contribution >= 4 is 29.1 Å². The number of benzene rings is 1. The molecule has 0 unspecified atom stereocenters. The number of carbonyl (C=O) groups is 1. The Balaban J connectivity index is 1.90. The number of amides is 1. The van der Waals surface area contributed by atoms with Crippen LogP contribution in [0.15, 0.2) is 18.2 Å². The number of aliphatic hydroxyl groups is 1. The molecule has 6 heteroatoms. The maximum absolute atomic E-state index is 11.9. The monoisotopic (exact) mass is 302 g/mol. The number of halogens is 2. The Bertz CT molecular complexity index is 472. The molecule has 1 saturated carbocycles. The summed E-state index contributed by atoms with van der Waals surface area (Å²) in [6.07, 6.45) is 0.345. The lowest BCUT2D eigenvalue weighted by molar-refractivity contribution is -0.125. The summed E-state index contributed by atoms with van der Waals surface area (Å²) < 4.78 is 0. The third-order valence-electron chi connectivity index (χ3n) is 3.42. The maximum atomic E-state index is 11.9. The second-order valence-electron chi connectivity index (χ2n) is 4.85. The summed E-state index contributed by atoms with van der Waals surface area (Å²) in [5.74, 6) is -0.325. The molecule has 0 saturated heterocycles. The van der Waals surface area contributed by atoms with Crippen LogP contribution in [0.2, 0.25) is 10.0 Å². The highest BCUT2D eigenvalue weighted by atomic mass is 35.5. The molecule has 0 aromatic heterocycles. The van der Waals surface area contributed by atoms with Crippen LogP contribution in [0.3, 0.4) is 0 Å². The highest BCUT2D eigenvalue weighted by Gasteiger charge is 2.34. The Kier molecular flexibility index (Phi) is 4.68. The highest BCUT2D eigenvalue weighted by molar-refractivity contribution is 6.35. The van der Waals surface area contributed by atoms with E-state index in [2.05, 4.69) is 5.32 Å². The van der Waals surface area contributed by atoms with Crippen molar-refractivity contribution in [2.75, 3.05) is 0 Å². The van der Waals surface area contributed by atoms with Crippen molar-refractivity contribution in [3.63, 3.8) is 0 Å². The Morgan fingerprint density at radius 2 is 2.16 bits per heavy atom. The second kappa shape index (κ2) is 6.09. The molecule has 0 aliphatic heterocycles. The van der Waals surface area contributed by atoms with Crippen molar-refractivity contribution in [2.24, 2.45) is 11.7 Å². The fraction of sp³-hybridized carbons (Fsp3) is 0.462. The Morgan fingerprint density at radius 3 is 2.74 bits per heavy atom. The summed E-state index contributed by atoms with van der Waals surface area (Å²) in [5, 5.41) is 13.4. The molecule has 4 nitrogen and oxygen atoms in total. The van der Waals surface area contributed by atoms with Gasteiger partial charge in [0.25, 0.3) is 0 Å². The van der Waals surface area contributed by atoms with Gasteiger partial charge >= 0.3 is 0 Å². The van der Waals surface area contributed by atoms with E-state index in [0.29, 0.717) is 29.4 Å². The van der Waals surface area contributed by atoms with E-state index in [9.17, 15) is 9.90 Å². The minimum Gasteiger partial charge on any atom is -0.391 e. The molecule has 1 aromatic rings. The summed E-state index contributed by atoms with van der Waals surface area (Å²) in [5.41, 5.74) is 6.50. The number of nitrogens with two attached hydrogens (primary N) is 1. The van der Waals surface area contributed by atoms with Crippen molar-refractivity contribution in [3.05, 3.63) is 33.8 Å². The summed E-state index contributed by atoms with van der Waals surface area (Å²) >= 11 is 11.8. The van der Waals surface area contributed by atoms with Gasteiger partial charge in [0.05, 0.1) is 6.10 Å². The van der Waals surface area contributed by atoms with Crippen LogP contribution in [-0.4, -0.2) is 23.2 Å². The predicted molar refractivity (Wildman–Crippen MR) is 75.0 cm³/mol. The van der Waals surface area contributed by atoms with Gasteiger partial charge in [0.2, 0.25) is 5.91 Å². The molecule has 1 aromatic carbocycles. The van der Waals surface area contributed by atoms with Gasteiger partial charge in [-0.15, -0.1) is 0 Å². The van der Waals surface area contributed by atoms with Crippen LogP contribution in [-0.2, 0) is 11.3 Å². The Labute approximate surface area is 121 Å². The number of hydrogen-bond acceptors (Lipinski definition) is 3. The number of carbonyl (C=O) groups excluding carboxylic acids is 1. The normalized spacial score (nSPS) is 26.4. The third kappa shape index (κ3) is 3.60. The lowest BCUT2D eigenvalue weighted by atomic mass is 10.1. The molecule has 19 heavy (non-hydrogen) atoms. The highest BCUT2D eigenvalue weighted by Crippen LogP contribution is 2.25. The summed E-state index contributed by atoms with van der Waals surface area (Å²) in [6.45, 7) is 0.344. The van der Waals surface area contributed by atoms with Gasteiger partial charge in [-0.1, -0.05) is 29.3 Å². The number of hydrogen-bond donors (Lipinski definition) is 3. The molecular weight excluding hydrogens is 287 g/mol. The molecule has 104 valence electrons. The lowest BCUT2D eigenvalue weighted by Gasteiger charge is -2.11. The largest absolute Gasteiger partial charge is 0.391 e. The molecule has 0 heterocycles. The fourth-order valence-corrected chi connectivity index (χ4v) is 2.73. The van der Waals surface area contributed by atoms with Crippen LogP contribution in [0, 0.1) is 5.92 Å². The van der Waals surface area contributed by atoms with E-state index in [-0.39, 0.29) is 17.9 Å². The summed E-state index contributed by atoms with van der Waals surface area (Å²) in [7, 11) is 0. The summed E-state index contributed by atoms with van der Waals surface area (Å²) in [4.78, 5) is 11.9. The van der Waals surface area contributed by atoms with E-state index in [1.54, 1.807) is 18.2 Å². The van der Waals surface area contributed by atoms with Crippen LogP contribution in [0.1, 0.15) is 18.4 Å². The second-order valence-corrected chi connectivity index (χ2v) is 5.70. The van der Waals surface area contributed by atoms with Gasteiger partial charge in [-0.2, -0.15) is 0 Å². The molecule has 1 aliphatic rings. The Hall–Kier alpha value is -0.810. The van der Waals surface area contributed by atoms with Gasteiger partial charge in [-0.3, -0.25) is 4.79 Å². The molecule has 2 rings (SSSR count). The maximum Gasteiger partial charge on any atom is 0.223 e. The van der Waals surface area contributed by atoms with Crippen molar-refractivity contribution in [3.8, 4) is 0 Å². The SMILES string of the molecule is N[C@@H]1C[C@H](C(=O)NCc2ccc(Cl)cc2Cl)C[C@H]1O. The molecular formula is C13H16Cl2N2O2. The van der Waals surface area contributed by atoms with E-state index in [1.165, 1.54) is 0 Å². The lowest BCUT2D eigenvalue weighted by Crippen LogP contribution is -2.30. The van der Waals surface area contributed by atoms with Crippen molar-refractivity contribution in [1.29, 1.82) is 0 Å². The van der Waals surface area contributed by atoms with E-state index in [4.69, 9.17) is 28.9 Å². The average Bonchev–Trinajstić information content (AvgIpc) is 2.68. The van der Waals surface area contributed by atoms with Gasteiger partial charge < -0.3 is 16.2 Å². The van der Waals surface area contributed by atoms with Crippen molar-refractivity contribution in [2.45, 2.75) is 31.5 Å². The predicted octanol–water partition coefficient (Wildman–Crippen LogP) is 1.71. The van der Waals surface area contributed by atoms with Gasteiger partial charge in [0.1, 0.15) is 0 Å². The Morgan fingerprint density at radius 1 is 1.42 bits per heavy atom. The third-order valence-corrected chi connectivity index (χ3v) is 4.00. The van der Waals surface area contributed by atoms with Crippen LogP contribution >= 0.6 is 23.2 Å². The molecule has 1 fully saturated rings. The molecule has 4 N–H and O–H groups in total. The molecule has 3 atom stereocenters. The topological polar surface area (TPSA) is 75.4 Å². The van der Waals surface area contributed by atoms with E-state index < -0.39 is 6.10 Å². The average molecular weight is 303 g/mol. The number of nitrogens with one attached hydrogen (secondary N) is 1. The molecule has 1 aliphatic carbocycles. The zero-order valence-electron chi connectivity index (χ0n) is 10.3. The molecule has 0 spiro atoms. The van der Waals surface area contributed by atoms with Crippen LogP contribution in [0.5, 0.6) is 0 Å². The fourth-order valence-electron chi connectivity index (χ4n) is 2.25. The van der Waals surface area contributed by atoms with Crippen molar-refractivity contribution < 1.29 is 9.90 Å². The van der Waals surface area contributed by atoms with Crippen LogP contribution in [0.25, 0.3) is 0 Å². The molecule has 0 radical (unpaired) electrons. The van der Waals surface area contributed by atoms with Gasteiger partial charge in [-0.05, 0) is 30.5 Å². The van der Waals surface area contributed by atoms with Crippen molar-refractivity contribution in [1.82, 2.24) is 5.32 Å². The van der Waals surface area contributed by atoms with E-state index in [1.807, 2.05) is 0 Å². The minimum absolute atomic E-state index is 0.0991. The summed E-state index contributed by atoms with van der Waals surface area (Å²) in [6, 6.07) is 4.83. The number of rotatable bonds is 3. The number of aliphatic hydroxyl groups excluding tert-OH is 1. The van der Waals surface area contributed by atoms with Gasteiger partial charge in [-0.25, -0.2) is 0 Å². The first-order valence-corrected chi connectivity index (χ1v) is 6.88. The van der Waals surface area contributed by atoms with Gasteiger partial charge in [0, 0.05) is 28.5 Å². The van der Waals surface area contributed by atoms with Gasteiger partial charge in [0.15, 0.2) is 0 Å².